The Morgan fingerprint density at radius 2 is 1.67 bits per heavy atom. The first-order valence-corrected chi connectivity index (χ1v) is 9.35. The first kappa shape index (κ1) is 19.0. The van der Waals surface area contributed by atoms with Crippen molar-refractivity contribution in [1.29, 1.82) is 0 Å². The van der Waals surface area contributed by atoms with Gasteiger partial charge in [-0.1, -0.05) is 29.8 Å². The highest BCUT2D eigenvalue weighted by Crippen LogP contribution is 2.23. The molecular weight excluding hydrogens is 340 g/mol. The SMILES string of the molecule is Cc1ccc(C)c(C(=O)COC(=O)CCC(=O)c2ccc3c(c2)CCC3)c1. The van der Waals surface area contributed by atoms with E-state index in [0.717, 1.165) is 30.4 Å². The third-order valence-electron chi connectivity index (χ3n) is 5.03. The molecule has 0 amide bonds. The molecule has 0 aliphatic heterocycles. The summed E-state index contributed by atoms with van der Waals surface area (Å²) in [5.74, 6) is -0.819. The minimum atomic E-state index is -0.525. The average molecular weight is 364 g/mol. The van der Waals surface area contributed by atoms with Crippen LogP contribution in [0.5, 0.6) is 0 Å². The van der Waals surface area contributed by atoms with Crippen LogP contribution in [0.2, 0.25) is 0 Å². The van der Waals surface area contributed by atoms with E-state index in [1.54, 1.807) is 6.07 Å². The molecule has 1 aliphatic carbocycles. The van der Waals surface area contributed by atoms with Crippen LogP contribution in [-0.2, 0) is 22.4 Å². The summed E-state index contributed by atoms with van der Waals surface area (Å²) in [6, 6.07) is 11.4. The van der Waals surface area contributed by atoms with Crippen molar-refractivity contribution < 1.29 is 19.1 Å². The van der Waals surface area contributed by atoms with Gasteiger partial charge in [0.1, 0.15) is 0 Å². The van der Waals surface area contributed by atoms with E-state index in [0.29, 0.717) is 11.1 Å². The minimum Gasteiger partial charge on any atom is -0.457 e. The maximum absolute atomic E-state index is 12.3. The van der Waals surface area contributed by atoms with E-state index in [-0.39, 0.29) is 31.0 Å². The van der Waals surface area contributed by atoms with Crippen molar-refractivity contribution in [3.63, 3.8) is 0 Å². The molecule has 4 heteroatoms. The number of carbonyl (C=O) groups excluding carboxylic acids is 3. The number of benzene rings is 2. The Hall–Kier alpha value is -2.75. The minimum absolute atomic E-state index is 0.0179. The molecule has 4 nitrogen and oxygen atoms in total. The standard InChI is InChI=1S/C23H24O4/c1-15-6-7-16(2)20(12-15)22(25)14-27-23(26)11-10-21(24)19-9-8-17-4-3-5-18(17)13-19/h6-9,12-13H,3-5,10-11,14H2,1-2H3. The van der Waals surface area contributed by atoms with E-state index in [1.165, 1.54) is 11.1 Å². The molecular formula is C23H24O4. The van der Waals surface area contributed by atoms with Crippen LogP contribution < -0.4 is 0 Å². The zero-order valence-electron chi connectivity index (χ0n) is 15.8. The molecule has 0 unspecified atom stereocenters. The molecule has 0 spiro atoms. The molecule has 3 rings (SSSR count). The Labute approximate surface area is 159 Å². The third-order valence-corrected chi connectivity index (χ3v) is 5.03. The van der Waals surface area contributed by atoms with Crippen molar-refractivity contribution in [2.45, 2.75) is 46.0 Å². The van der Waals surface area contributed by atoms with Gasteiger partial charge < -0.3 is 4.74 Å². The van der Waals surface area contributed by atoms with Gasteiger partial charge in [-0.05, 0) is 61.9 Å². The van der Waals surface area contributed by atoms with Gasteiger partial charge in [-0.25, -0.2) is 0 Å². The van der Waals surface area contributed by atoms with E-state index in [4.69, 9.17) is 4.74 Å². The van der Waals surface area contributed by atoms with Crippen LogP contribution in [0.3, 0.4) is 0 Å². The maximum Gasteiger partial charge on any atom is 0.306 e. The Morgan fingerprint density at radius 1 is 0.889 bits per heavy atom. The zero-order chi connectivity index (χ0) is 19.4. The highest BCUT2D eigenvalue weighted by Gasteiger charge is 2.16. The summed E-state index contributed by atoms with van der Waals surface area (Å²) < 4.78 is 5.07. The summed E-state index contributed by atoms with van der Waals surface area (Å²) in [5, 5.41) is 0. The van der Waals surface area contributed by atoms with Crippen LogP contribution >= 0.6 is 0 Å². The van der Waals surface area contributed by atoms with E-state index in [2.05, 4.69) is 0 Å². The number of ether oxygens (including phenoxy) is 1. The highest BCUT2D eigenvalue weighted by atomic mass is 16.5. The van der Waals surface area contributed by atoms with Gasteiger partial charge in [0.05, 0.1) is 6.42 Å². The van der Waals surface area contributed by atoms with Crippen LogP contribution in [0.1, 0.15) is 62.2 Å². The molecule has 27 heavy (non-hydrogen) atoms. The van der Waals surface area contributed by atoms with Gasteiger partial charge in [0.15, 0.2) is 12.4 Å². The number of hydrogen-bond acceptors (Lipinski definition) is 4. The molecule has 140 valence electrons. The molecule has 0 bridgehead atoms. The second-order valence-electron chi connectivity index (χ2n) is 7.16. The van der Waals surface area contributed by atoms with Crippen LogP contribution in [0, 0.1) is 13.8 Å². The van der Waals surface area contributed by atoms with Gasteiger partial charge in [-0.2, -0.15) is 0 Å². The Kier molecular flexibility index (Phi) is 5.84. The number of hydrogen-bond donors (Lipinski definition) is 0. The fourth-order valence-electron chi connectivity index (χ4n) is 3.44. The van der Waals surface area contributed by atoms with Gasteiger partial charge in [-0.15, -0.1) is 0 Å². The van der Waals surface area contributed by atoms with Gasteiger partial charge >= 0.3 is 5.97 Å². The topological polar surface area (TPSA) is 60.4 Å². The molecule has 0 N–H and O–H groups in total. The molecule has 1 aliphatic rings. The second-order valence-corrected chi connectivity index (χ2v) is 7.16. The van der Waals surface area contributed by atoms with Gasteiger partial charge in [0.25, 0.3) is 0 Å². The third kappa shape index (κ3) is 4.70. The van der Waals surface area contributed by atoms with Gasteiger partial charge in [0.2, 0.25) is 5.78 Å². The first-order valence-electron chi connectivity index (χ1n) is 9.35. The van der Waals surface area contributed by atoms with Crippen molar-refractivity contribution in [3.8, 4) is 0 Å². The molecule has 0 saturated carbocycles. The van der Waals surface area contributed by atoms with Crippen LogP contribution in [0.25, 0.3) is 0 Å². The predicted molar refractivity (Wildman–Crippen MR) is 103 cm³/mol. The van der Waals surface area contributed by atoms with Crippen molar-refractivity contribution >= 4 is 17.5 Å². The molecule has 0 atom stereocenters. The second kappa shape index (κ2) is 8.30. The number of rotatable bonds is 7. The maximum atomic E-state index is 12.3. The van der Waals surface area contributed by atoms with Gasteiger partial charge in [0, 0.05) is 17.5 Å². The lowest BCUT2D eigenvalue weighted by Crippen LogP contribution is -2.16. The summed E-state index contributed by atoms with van der Waals surface area (Å²) in [4.78, 5) is 36.5. The van der Waals surface area contributed by atoms with Crippen molar-refractivity contribution in [1.82, 2.24) is 0 Å². The van der Waals surface area contributed by atoms with E-state index in [1.807, 2.05) is 44.2 Å². The quantitative estimate of drug-likeness (QED) is 0.546. The molecule has 2 aromatic rings. The molecule has 0 fully saturated rings. The number of carbonyl (C=O) groups is 3. The fourth-order valence-corrected chi connectivity index (χ4v) is 3.44. The largest absolute Gasteiger partial charge is 0.457 e. The van der Waals surface area contributed by atoms with Crippen molar-refractivity contribution in [2.75, 3.05) is 6.61 Å². The summed E-state index contributed by atoms with van der Waals surface area (Å²) in [6.45, 7) is 3.47. The van der Waals surface area contributed by atoms with Crippen molar-refractivity contribution in [3.05, 3.63) is 69.8 Å². The smallest absolute Gasteiger partial charge is 0.306 e. The number of esters is 1. The Bertz CT molecular complexity index is 895. The fraction of sp³-hybridized carbons (Fsp3) is 0.348. The van der Waals surface area contributed by atoms with Crippen LogP contribution in [-0.4, -0.2) is 24.1 Å². The number of aryl methyl sites for hydroxylation is 4. The predicted octanol–water partition coefficient (Wildman–Crippen LogP) is 4.18. The average Bonchev–Trinajstić information content (AvgIpc) is 3.13. The molecule has 0 saturated heterocycles. The zero-order valence-corrected chi connectivity index (χ0v) is 15.8. The summed E-state index contributed by atoms with van der Waals surface area (Å²) >= 11 is 0. The normalized spacial score (nSPS) is 12.5. The monoisotopic (exact) mass is 364 g/mol. The molecule has 0 aromatic heterocycles. The van der Waals surface area contributed by atoms with E-state index in [9.17, 15) is 14.4 Å². The lowest BCUT2D eigenvalue weighted by molar-refractivity contribution is -0.142. The highest BCUT2D eigenvalue weighted by molar-refractivity contribution is 6.00. The first-order chi connectivity index (χ1) is 12.9. The van der Waals surface area contributed by atoms with E-state index >= 15 is 0 Å². The number of ketones is 2. The lowest BCUT2D eigenvalue weighted by Gasteiger charge is -2.08. The molecule has 0 radical (unpaired) electrons. The Morgan fingerprint density at radius 3 is 2.48 bits per heavy atom. The summed E-state index contributed by atoms with van der Waals surface area (Å²) in [6.07, 6.45) is 3.29. The van der Waals surface area contributed by atoms with E-state index < -0.39 is 5.97 Å². The summed E-state index contributed by atoms with van der Waals surface area (Å²) in [5.41, 5.74) is 5.61. The van der Waals surface area contributed by atoms with Crippen molar-refractivity contribution in [2.24, 2.45) is 0 Å². The summed E-state index contributed by atoms with van der Waals surface area (Å²) in [7, 11) is 0. The lowest BCUT2D eigenvalue weighted by atomic mass is 10.0. The number of fused-ring (bicyclic) bond motifs is 1. The molecule has 2 aromatic carbocycles. The van der Waals surface area contributed by atoms with Crippen LogP contribution in [0.15, 0.2) is 36.4 Å². The Balaban J connectivity index is 1.49. The molecule has 0 heterocycles. The van der Waals surface area contributed by atoms with Gasteiger partial charge in [-0.3, -0.25) is 14.4 Å². The number of Topliss-reactive ketones (excluding diaryl/α,β-unsaturated/α-hetero) is 2. The van der Waals surface area contributed by atoms with Crippen LogP contribution in [0.4, 0.5) is 0 Å².